The topological polar surface area (TPSA) is 29.5 Å². The number of morpholine rings is 1. The van der Waals surface area contributed by atoms with Crippen LogP contribution in [0.15, 0.2) is 28.7 Å². The van der Waals surface area contributed by atoms with Gasteiger partial charge in [0.2, 0.25) is 0 Å². The van der Waals surface area contributed by atoms with Crippen LogP contribution in [0.5, 0.6) is 0 Å². The lowest BCUT2D eigenvalue weighted by Crippen LogP contribution is -2.57. The first-order valence-electron chi connectivity index (χ1n) is 7.82. The van der Waals surface area contributed by atoms with Crippen molar-refractivity contribution in [3.63, 3.8) is 0 Å². The molecule has 1 aromatic carbocycles. The van der Waals surface area contributed by atoms with E-state index in [-0.39, 0.29) is 5.54 Å². The Morgan fingerprint density at radius 2 is 1.86 bits per heavy atom. The van der Waals surface area contributed by atoms with Crippen LogP contribution in [-0.2, 0) is 16.0 Å². The SMILES string of the molecule is O=C(Cc1ccccc1Br)C1(N2CCOCC2)CCCC1. The van der Waals surface area contributed by atoms with Gasteiger partial charge in [0.25, 0.3) is 0 Å². The fraction of sp³-hybridized carbons (Fsp3) is 0.588. The van der Waals surface area contributed by atoms with Crippen molar-refractivity contribution in [1.82, 2.24) is 4.90 Å². The number of Topliss-reactive ketones (excluding diaryl/α,β-unsaturated/α-hetero) is 1. The molecule has 0 atom stereocenters. The van der Waals surface area contributed by atoms with E-state index in [4.69, 9.17) is 4.74 Å². The molecule has 1 heterocycles. The molecule has 2 fully saturated rings. The molecule has 0 radical (unpaired) electrons. The van der Waals surface area contributed by atoms with E-state index in [1.807, 2.05) is 24.3 Å². The first-order valence-corrected chi connectivity index (χ1v) is 8.61. The molecular formula is C17H22BrNO2. The predicted molar refractivity (Wildman–Crippen MR) is 86.4 cm³/mol. The number of rotatable bonds is 4. The summed E-state index contributed by atoms with van der Waals surface area (Å²) in [5.74, 6) is 0.383. The van der Waals surface area contributed by atoms with Gasteiger partial charge in [-0.05, 0) is 24.5 Å². The van der Waals surface area contributed by atoms with Gasteiger partial charge < -0.3 is 4.74 Å². The number of ether oxygens (including phenoxy) is 1. The Kier molecular flexibility index (Phi) is 4.77. The average molecular weight is 352 g/mol. The third-order valence-electron chi connectivity index (χ3n) is 4.88. The maximum Gasteiger partial charge on any atom is 0.157 e. The Labute approximate surface area is 134 Å². The lowest BCUT2D eigenvalue weighted by molar-refractivity contribution is -0.133. The van der Waals surface area contributed by atoms with Gasteiger partial charge in [-0.3, -0.25) is 9.69 Å². The van der Waals surface area contributed by atoms with Crippen LogP contribution >= 0.6 is 15.9 Å². The highest BCUT2D eigenvalue weighted by Gasteiger charge is 2.45. The molecule has 1 saturated heterocycles. The molecule has 114 valence electrons. The fourth-order valence-electron chi connectivity index (χ4n) is 3.70. The van der Waals surface area contributed by atoms with Crippen molar-refractivity contribution in [2.45, 2.75) is 37.6 Å². The number of benzene rings is 1. The molecule has 2 aliphatic rings. The van der Waals surface area contributed by atoms with Gasteiger partial charge in [0.05, 0.1) is 18.8 Å². The van der Waals surface area contributed by atoms with E-state index in [2.05, 4.69) is 20.8 Å². The first kappa shape index (κ1) is 15.2. The van der Waals surface area contributed by atoms with Crippen LogP contribution in [-0.4, -0.2) is 42.5 Å². The van der Waals surface area contributed by atoms with Crippen molar-refractivity contribution in [2.24, 2.45) is 0 Å². The number of carbonyl (C=O) groups is 1. The molecule has 1 aromatic rings. The number of carbonyl (C=O) groups excluding carboxylic acids is 1. The van der Waals surface area contributed by atoms with E-state index < -0.39 is 0 Å². The Hall–Kier alpha value is -0.710. The zero-order valence-corrected chi connectivity index (χ0v) is 13.9. The molecule has 3 nitrogen and oxygen atoms in total. The summed E-state index contributed by atoms with van der Waals surface area (Å²) in [6.07, 6.45) is 4.88. The Balaban J connectivity index is 1.80. The first-order chi connectivity index (χ1) is 10.2. The predicted octanol–water partition coefficient (Wildman–Crippen LogP) is 3.21. The number of halogens is 1. The van der Waals surface area contributed by atoms with Gasteiger partial charge in [-0.1, -0.05) is 47.0 Å². The summed E-state index contributed by atoms with van der Waals surface area (Å²) in [4.78, 5) is 15.5. The van der Waals surface area contributed by atoms with Crippen molar-refractivity contribution in [3.8, 4) is 0 Å². The van der Waals surface area contributed by atoms with E-state index >= 15 is 0 Å². The second kappa shape index (κ2) is 6.59. The molecular weight excluding hydrogens is 330 g/mol. The van der Waals surface area contributed by atoms with Gasteiger partial charge in [0.15, 0.2) is 5.78 Å². The number of hydrogen-bond acceptors (Lipinski definition) is 3. The van der Waals surface area contributed by atoms with E-state index in [1.54, 1.807) is 0 Å². The number of ketones is 1. The second-order valence-corrected chi connectivity index (χ2v) is 6.88. The Morgan fingerprint density at radius 1 is 1.19 bits per heavy atom. The molecule has 0 unspecified atom stereocenters. The minimum Gasteiger partial charge on any atom is -0.379 e. The molecule has 0 N–H and O–H groups in total. The lowest BCUT2D eigenvalue weighted by atomic mass is 9.86. The summed E-state index contributed by atoms with van der Waals surface area (Å²) < 4.78 is 6.50. The maximum absolute atomic E-state index is 13.1. The van der Waals surface area contributed by atoms with Gasteiger partial charge in [0, 0.05) is 24.0 Å². The van der Waals surface area contributed by atoms with Crippen LogP contribution < -0.4 is 0 Å². The van der Waals surface area contributed by atoms with Gasteiger partial charge >= 0.3 is 0 Å². The van der Waals surface area contributed by atoms with Crippen molar-refractivity contribution in [2.75, 3.05) is 26.3 Å². The molecule has 3 rings (SSSR count). The third kappa shape index (κ3) is 3.08. The molecule has 0 aromatic heterocycles. The molecule has 1 saturated carbocycles. The maximum atomic E-state index is 13.1. The van der Waals surface area contributed by atoms with Crippen LogP contribution in [0.1, 0.15) is 31.2 Å². The molecule has 21 heavy (non-hydrogen) atoms. The van der Waals surface area contributed by atoms with Crippen molar-refractivity contribution < 1.29 is 9.53 Å². The van der Waals surface area contributed by atoms with Crippen LogP contribution in [0.25, 0.3) is 0 Å². The van der Waals surface area contributed by atoms with Crippen LogP contribution in [0, 0.1) is 0 Å². The highest BCUT2D eigenvalue weighted by Crippen LogP contribution is 2.37. The minimum atomic E-state index is -0.237. The van der Waals surface area contributed by atoms with E-state index in [9.17, 15) is 4.79 Å². The summed E-state index contributed by atoms with van der Waals surface area (Å²) in [7, 11) is 0. The highest BCUT2D eigenvalue weighted by atomic mass is 79.9. The summed E-state index contributed by atoms with van der Waals surface area (Å²) in [6.45, 7) is 3.29. The quantitative estimate of drug-likeness (QED) is 0.834. The van der Waals surface area contributed by atoms with Gasteiger partial charge in [-0.2, -0.15) is 0 Å². The zero-order valence-electron chi connectivity index (χ0n) is 12.3. The number of nitrogens with zero attached hydrogens (tertiary/aromatic N) is 1. The van der Waals surface area contributed by atoms with Crippen LogP contribution in [0.2, 0.25) is 0 Å². The molecule has 1 aliphatic carbocycles. The summed E-state index contributed by atoms with van der Waals surface area (Å²) >= 11 is 3.56. The zero-order chi connectivity index (χ0) is 14.7. The molecule has 0 amide bonds. The lowest BCUT2D eigenvalue weighted by Gasteiger charge is -2.42. The third-order valence-corrected chi connectivity index (χ3v) is 5.65. The largest absolute Gasteiger partial charge is 0.379 e. The standard InChI is InChI=1S/C17H22BrNO2/c18-15-6-2-1-5-14(15)13-16(20)17(7-3-4-8-17)19-9-11-21-12-10-19/h1-2,5-6H,3-4,7-13H2. The monoisotopic (exact) mass is 351 g/mol. The normalized spacial score (nSPS) is 22.3. The molecule has 0 bridgehead atoms. The molecule has 0 spiro atoms. The average Bonchev–Trinajstić information content (AvgIpc) is 3.01. The summed E-state index contributed by atoms with van der Waals surface area (Å²) in [5.41, 5.74) is 0.862. The van der Waals surface area contributed by atoms with Crippen molar-refractivity contribution in [1.29, 1.82) is 0 Å². The smallest absolute Gasteiger partial charge is 0.157 e. The Bertz CT molecular complexity index is 505. The fourth-order valence-corrected chi connectivity index (χ4v) is 4.13. The van der Waals surface area contributed by atoms with Crippen LogP contribution in [0.4, 0.5) is 0 Å². The minimum absolute atomic E-state index is 0.237. The van der Waals surface area contributed by atoms with E-state index in [0.29, 0.717) is 12.2 Å². The molecule has 4 heteroatoms. The van der Waals surface area contributed by atoms with E-state index in [0.717, 1.165) is 49.2 Å². The van der Waals surface area contributed by atoms with E-state index in [1.165, 1.54) is 12.8 Å². The number of hydrogen-bond donors (Lipinski definition) is 0. The van der Waals surface area contributed by atoms with Gasteiger partial charge in [0.1, 0.15) is 0 Å². The van der Waals surface area contributed by atoms with Gasteiger partial charge in [-0.15, -0.1) is 0 Å². The van der Waals surface area contributed by atoms with Crippen molar-refractivity contribution >= 4 is 21.7 Å². The summed E-state index contributed by atoms with van der Waals surface area (Å²) in [5, 5.41) is 0. The second-order valence-electron chi connectivity index (χ2n) is 6.03. The summed E-state index contributed by atoms with van der Waals surface area (Å²) in [6, 6.07) is 8.05. The highest BCUT2D eigenvalue weighted by molar-refractivity contribution is 9.10. The van der Waals surface area contributed by atoms with Crippen LogP contribution in [0.3, 0.4) is 0 Å². The van der Waals surface area contributed by atoms with Gasteiger partial charge in [-0.25, -0.2) is 0 Å². The molecule has 1 aliphatic heterocycles. The van der Waals surface area contributed by atoms with Crippen molar-refractivity contribution in [3.05, 3.63) is 34.3 Å². The Morgan fingerprint density at radius 3 is 2.52 bits per heavy atom.